The van der Waals surface area contributed by atoms with Crippen LogP contribution in [0.25, 0.3) is 0 Å². The normalized spacial score (nSPS) is 15.5. The van der Waals surface area contributed by atoms with E-state index in [0.29, 0.717) is 6.61 Å². The molecule has 142 valence electrons. The summed E-state index contributed by atoms with van der Waals surface area (Å²) in [5.41, 5.74) is 5.60. The van der Waals surface area contributed by atoms with E-state index >= 15 is 0 Å². The van der Waals surface area contributed by atoms with Gasteiger partial charge in [-0.2, -0.15) is 0 Å². The fraction of sp³-hybridized carbons (Fsp3) is 0.450. The Morgan fingerprint density at radius 2 is 2.11 bits per heavy atom. The number of pyridine rings is 1. The summed E-state index contributed by atoms with van der Waals surface area (Å²) in [4.78, 5) is 23.8. The summed E-state index contributed by atoms with van der Waals surface area (Å²) < 4.78 is 0. The first-order chi connectivity index (χ1) is 13.2. The van der Waals surface area contributed by atoms with Gasteiger partial charge in [-0.3, -0.25) is 4.98 Å². The molecule has 0 aliphatic heterocycles. The monoisotopic (exact) mass is 367 g/mol. The van der Waals surface area contributed by atoms with Crippen molar-refractivity contribution < 1.29 is 9.68 Å². The van der Waals surface area contributed by atoms with Gasteiger partial charge in [0.25, 0.3) is 0 Å². The van der Waals surface area contributed by atoms with E-state index in [-0.39, 0.29) is 0 Å². The summed E-state index contributed by atoms with van der Waals surface area (Å²) in [5.74, 6) is 0.765. The van der Waals surface area contributed by atoms with Crippen molar-refractivity contribution in [1.82, 2.24) is 15.0 Å². The molecule has 0 atom stereocenters. The SMILES string of the molecule is CO/N=C(/C)c1cccc(CCCON=C2CCCc3cnc(C)nc32)n1. The predicted octanol–water partition coefficient (Wildman–Crippen LogP) is 3.24. The Hall–Kier alpha value is -2.83. The predicted molar refractivity (Wildman–Crippen MR) is 104 cm³/mol. The van der Waals surface area contributed by atoms with E-state index in [1.54, 1.807) is 0 Å². The lowest BCUT2D eigenvalue weighted by atomic mass is 9.96. The standard InChI is InChI=1S/C20H25N5O2/c1-14(24-26-3)18-10-5-8-17(23-18)9-6-12-27-25-19-11-4-7-16-13-21-15(2)22-20(16)19/h5,8,10,13H,4,6-7,9,11-12H2,1-3H3/b24-14-,25-19?. The number of nitrogens with zero attached hydrogens (tertiary/aromatic N) is 5. The number of hydrogen-bond donors (Lipinski definition) is 0. The molecule has 1 aliphatic carbocycles. The average Bonchev–Trinajstić information content (AvgIpc) is 2.68. The summed E-state index contributed by atoms with van der Waals surface area (Å²) >= 11 is 0. The molecular formula is C20H25N5O2. The molecular weight excluding hydrogens is 342 g/mol. The van der Waals surface area contributed by atoms with E-state index in [4.69, 9.17) is 9.68 Å². The highest BCUT2D eigenvalue weighted by Crippen LogP contribution is 2.19. The van der Waals surface area contributed by atoms with Crippen molar-refractivity contribution in [2.45, 2.75) is 46.0 Å². The minimum absolute atomic E-state index is 0.542. The largest absolute Gasteiger partial charge is 0.399 e. The second-order valence-electron chi connectivity index (χ2n) is 6.49. The number of oxime groups is 2. The molecule has 0 N–H and O–H groups in total. The maximum atomic E-state index is 5.56. The van der Waals surface area contributed by atoms with E-state index in [1.807, 2.05) is 38.2 Å². The van der Waals surface area contributed by atoms with Crippen LogP contribution in [0, 0.1) is 6.92 Å². The second-order valence-corrected chi connectivity index (χ2v) is 6.49. The lowest BCUT2D eigenvalue weighted by Gasteiger charge is -2.16. The molecule has 2 aromatic heterocycles. The molecule has 0 fully saturated rings. The zero-order valence-electron chi connectivity index (χ0n) is 16.1. The molecule has 0 saturated heterocycles. The van der Waals surface area contributed by atoms with Crippen molar-refractivity contribution in [1.29, 1.82) is 0 Å². The van der Waals surface area contributed by atoms with Crippen LogP contribution in [0.4, 0.5) is 0 Å². The van der Waals surface area contributed by atoms with Crippen LogP contribution in [0.3, 0.4) is 0 Å². The van der Waals surface area contributed by atoms with Crippen molar-refractivity contribution in [2.24, 2.45) is 10.3 Å². The first-order valence-electron chi connectivity index (χ1n) is 9.23. The highest BCUT2D eigenvalue weighted by atomic mass is 16.6. The zero-order valence-corrected chi connectivity index (χ0v) is 16.1. The molecule has 0 amide bonds. The van der Waals surface area contributed by atoms with Crippen LogP contribution >= 0.6 is 0 Å². The summed E-state index contributed by atoms with van der Waals surface area (Å²) in [6.07, 6.45) is 6.51. The number of fused-ring (bicyclic) bond motifs is 1. The molecule has 7 heteroatoms. The summed E-state index contributed by atoms with van der Waals surface area (Å²) in [6.45, 7) is 4.32. The third-order valence-corrected chi connectivity index (χ3v) is 4.37. The first kappa shape index (κ1) is 18.9. The smallest absolute Gasteiger partial charge is 0.125 e. The van der Waals surface area contributed by atoms with Crippen LogP contribution in [0.5, 0.6) is 0 Å². The van der Waals surface area contributed by atoms with Gasteiger partial charge < -0.3 is 9.68 Å². The highest BCUT2D eigenvalue weighted by molar-refractivity contribution is 6.00. The van der Waals surface area contributed by atoms with Crippen molar-refractivity contribution in [3.63, 3.8) is 0 Å². The van der Waals surface area contributed by atoms with Gasteiger partial charge in [-0.05, 0) is 63.6 Å². The van der Waals surface area contributed by atoms with Gasteiger partial charge in [0.15, 0.2) is 0 Å². The van der Waals surface area contributed by atoms with Crippen LogP contribution in [-0.4, -0.2) is 40.1 Å². The lowest BCUT2D eigenvalue weighted by molar-refractivity contribution is 0.141. The Morgan fingerprint density at radius 1 is 1.22 bits per heavy atom. The number of aromatic nitrogens is 3. The third-order valence-electron chi connectivity index (χ3n) is 4.37. The van der Waals surface area contributed by atoms with Gasteiger partial charge in [0.05, 0.1) is 11.4 Å². The van der Waals surface area contributed by atoms with E-state index in [1.165, 1.54) is 7.11 Å². The number of rotatable bonds is 7. The third kappa shape index (κ3) is 5.09. The van der Waals surface area contributed by atoms with Gasteiger partial charge in [-0.15, -0.1) is 0 Å². The topological polar surface area (TPSA) is 81.9 Å². The van der Waals surface area contributed by atoms with Gasteiger partial charge in [0.2, 0.25) is 0 Å². The van der Waals surface area contributed by atoms with Crippen LogP contribution in [0.1, 0.15) is 54.7 Å². The zero-order chi connectivity index (χ0) is 19.1. The Morgan fingerprint density at radius 3 is 2.96 bits per heavy atom. The number of hydrogen-bond acceptors (Lipinski definition) is 7. The van der Waals surface area contributed by atoms with E-state index < -0.39 is 0 Å². The van der Waals surface area contributed by atoms with E-state index in [2.05, 4.69) is 25.3 Å². The fourth-order valence-corrected chi connectivity index (χ4v) is 3.03. The molecule has 3 rings (SSSR count). The summed E-state index contributed by atoms with van der Waals surface area (Å²) in [6, 6.07) is 5.91. The van der Waals surface area contributed by atoms with Gasteiger partial charge >= 0.3 is 0 Å². The molecule has 0 unspecified atom stereocenters. The fourth-order valence-electron chi connectivity index (χ4n) is 3.03. The molecule has 2 heterocycles. The van der Waals surface area contributed by atoms with Gasteiger partial charge in [0, 0.05) is 11.9 Å². The Labute approximate surface area is 159 Å². The van der Waals surface area contributed by atoms with Gasteiger partial charge in [-0.1, -0.05) is 16.4 Å². The number of aryl methyl sites for hydroxylation is 3. The molecule has 27 heavy (non-hydrogen) atoms. The maximum absolute atomic E-state index is 5.56. The maximum Gasteiger partial charge on any atom is 0.125 e. The summed E-state index contributed by atoms with van der Waals surface area (Å²) in [5, 5.41) is 8.26. The van der Waals surface area contributed by atoms with Crippen molar-refractivity contribution in [2.75, 3.05) is 13.7 Å². The molecule has 0 spiro atoms. The molecule has 7 nitrogen and oxygen atoms in total. The molecule has 0 aromatic carbocycles. The lowest BCUT2D eigenvalue weighted by Crippen LogP contribution is -2.16. The van der Waals surface area contributed by atoms with E-state index in [0.717, 1.165) is 72.0 Å². The second kappa shape index (κ2) is 9.21. The Balaban J connectivity index is 1.53. The molecule has 0 radical (unpaired) electrons. The Bertz CT molecular complexity index is 848. The van der Waals surface area contributed by atoms with Crippen LogP contribution in [-0.2, 0) is 22.5 Å². The molecule has 2 aromatic rings. The Kier molecular flexibility index (Phi) is 6.46. The molecule has 0 saturated carbocycles. The van der Waals surface area contributed by atoms with Crippen LogP contribution in [0.2, 0.25) is 0 Å². The first-order valence-corrected chi connectivity index (χ1v) is 9.23. The van der Waals surface area contributed by atoms with Crippen molar-refractivity contribution in [3.8, 4) is 0 Å². The van der Waals surface area contributed by atoms with Crippen LogP contribution in [0.15, 0.2) is 34.7 Å². The van der Waals surface area contributed by atoms with Gasteiger partial charge in [0.1, 0.15) is 31.0 Å². The van der Waals surface area contributed by atoms with Crippen molar-refractivity contribution in [3.05, 3.63) is 52.9 Å². The van der Waals surface area contributed by atoms with Gasteiger partial charge in [-0.25, -0.2) is 9.97 Å². The highest BCUT2D eigenvalue weighted by Gasteiger charge is 2.18. The minimum Gasteiger partial charge on any atom is -0.399 e. The minimum atomic E-state index is 0.542. The molecule has 0 bridgehead atoms. The quantitative estimate of drug-likeness (QED) is 0.426. The van der Waals surface area contributed by atoms with Crippen LogP contribution < -0.4 is 0 Å². The summed E-state index contributed by atoms with van der Waals surface area (Å²) in [7, 11) is 1.53. The molecule has 1 aliphatic rings. The average molecular weight is 367 g/mol. The van der Waals surface area contributed by atoms with Crippen molar-refractivity contribution >= 4 is 11.4 Å². The van der Waals surface area contributed by atoms with E-state index in [9.17, 15) is 0 Å².